The third kappa shape index (κ3) is 3.59. The first-order valence-corrected chi connectivity index (χ1v) is 5.87. The summed E-state index contributed by atoms with van der Waals surface area (Å²) in [5, 5.41) is 11.7. The maximum Gasteiger partial charge on any atom is 0.326 e. The van der Waals surface area contributed by atoms with Gasteiger partial charge >= 0.3 is 12.0 Å². The number of urea groups is 1. The van der Waals surface area contributed by atoms with E-state index in [2.05, 4.69) is 5.32 Å². The molecule has 6 nitrogen and oxygen atoms in total. The van der Waals surface area contributed by atoms with Gasteiger partial charge in [-0.05, 0) is 33.9 Å². The fourth-order valence-electron chi connectivity index (χ4n) is 1.79. The van der Waals surface area contributed by atoms with Crippen molar-refractivity contribution in [3.05, 3.63) is 0 Å². The van der Waals surface area contributed by atoms with Gasteiger partial charge in [0.15, 0.2) is 0 Å². The van der Waals surface area contributed by atoms with Crippen LogP contribution in [0.15, 0.2) is 0 Å². The molecular weight excluding hydrogens is 222 g/mol. The van der Waals surface area contributed by atoms with Crippen LogP contribution in [0, 0.1) is 0 Å². The zero-order chi connectivity index (χ0) is 13.0. The Balaban J connectivity index is 2.44. The summed E-state index contributed by atoms with van der Waals surface area (Å²) >= 11 is 0. The Morgan fingerprint density at radius 1 is 1.53 bits per heavy atom. The highest BCUT2D eigenvalue weighted by Crippen LogP contribution is 2.17. The van der Waals surface area contributed by atoms with Crippen molar-refractivity contribution in [3.8, 4) is 0 Å². The number of hydrogen-bond donors (Lipinski definition) is 2. The number of nitrogens with zero attached hydrogens (tertiary/aromatic N) is 2. The van der Waals surface area contributed by atoms with Crippen LogP contribution in [0.1, 0.15) is 19.8 Å². The average molecular weight is 243 g/mol. The SMILES string of the molecule is CC(CNC(=O)N1CCCC1C(=O)O)N(C)C. The van der Waals surface area contributed by atoms with E-state index in [1.54, 1.807) is 0 Å². The molecule has 6 heteroatoms. The Labute approximate surface area is 102 Å². The molecule has 0 aromatic heterocycles. The summed E-state index contributed by atoms with van der Waals surface area (Å²) in [5.41, 5.74) is 0. The molecular formula is C11H21N3O3. The highest BCUT2D eigenvalue weighted by atomic mass is 16.4. The average Bonchev–Trinajstić information content (AvgIpc) is 2.73. The van der Waals surface area contributed by atoms with Gasteiger partial charge in [-0.3, -0.25) is 0 Å². The molecule has 2 amide bonds. The topological polar surface area (TPSA) is 72.9 Å². The van der Waals surface area contributed by atoms with Gasteiger partial charge in [0.2, 0.25) is 0 Å². The number of likely N-dealkylation sites (tertiary alicyclic amines) is 1. The van der Waals surface area contributed by atoms with Gasteiger partial charge in [-0.1, -0.05) is 0 Å². The first-order valence-electron chi connectivity index (χ1n) is 5.87. The number of aliphatic carboxylic acids is 1. The van der Waals surface area contributed by atoms with Crippen LogP contribution in [-0.4, -0.2) is 66.2 Å². The van der Waals surface area contributed by atoms with Crippen LogP contribution in [0.4, 0.5) is 4.79 Å². The molecule has 1 saturated heterocycles. The molecule has 1 heterocycles. The Kier molecular flexibility index (Phi) is 4.74. The molecule has 17 heavy (non-hydrogen) atoms. The number of carbonyl (C=O) groups is 2. The van der Waals surface area contributed by atoms with E-state index in [0.717, 1.165) is 6.42 Å². The first-order chi connectivity index (χ1) is 7.93. The van der Waals surface area contributed by atoms with E-state index in [-0.39, 0.29) is 12.1 Å². The molecule has 1 aliphatic rings. The van der Waals surface area contributed by atoms with Crippen LogP contribution in [-0.2, 0) is 4.79 Å². The molecule has 0 aromatic rings. The monoisotopic (exact) mass is 243 g/mol. The maximum absolute atomic E-state index is 11.8. The minimum atomic E-state index is -0.918. The summed E-state index contributed by atoms with van der Waals surface area (Å²) < 4.78 is 0. The van der Waals surface area contributed by atoms with Gasteiger partial charge in [0.05, 0.1) is 0 Å². The number of carboxylic acid groups (broad SMARTS) is 1. The fourth-order valence-corrected chi connectivity index (χ4v) is 1.79. The van der Waals surface area contributed by atoms with E-state index >= 15 is 0 Å². The zero-order valence-corrected chi connectivity index (χ0v) is 10.6. The van der Waals surface area contributed by atoms with E-state index < -0.39 is 12.0 Å². The van der Waals surface area contributed by atoms with Gasteiger partial charge in [0.1, 0.15) is 6.04 Å². The van der Waals surface area contributed by atoms with Crippen molar-refractivity contribution in [3.63, 3.8) is 0 Å². The lowest BCUT2D eigenvalue weighted by Crippen LogP contribution is -2.48. The molecule has 0 radical (unpaired) electrons. The summed E-state index contributed by atoms with van der Waals surface area (Å²) in [6.07, 6.45) is 1.31. The van der Waals surface area contributed by atoms with Gasteiger partial charge in [0.25, 0.3) is 0 Å². The number of rotatable bonds is 4. The Bertz CT molecular complexity index is 294. The lowest BCUT2D eigenvalue weighted by Gasteiger charge is -2.25. The lowest BCUT2D eigenvalue weighted by atomic mass is 10.2. The standard InChI is InChI=1S/C11H21N3O3/c1-8(13(2)3)7-12-11(17)14-6-4-5-9(14)10(15)16/h8-9H,4-7H2,1-3H3,(H,12,17)(H,15,16). The van der Waals surface area contributed by atoms with E-state index in [9.17, 15) is 9.59 Å². The number of likely N-dealkylation sites (N-methyl/N-ethyl adjacent to an activating group) is 1. The van der Waals surface area contributed by atoms with Crippen molar-refractivity contribution in [2.75, 3.05) is 27.2 Å². The predicted molar refractivity (Wildman–Crippen MR) is 63.9 cm³/mol. The smallest absolute Gasteiger partial charge is 0.326 e. The molecule has 2 atom stereocenters. The number of nitrogens with one attached hydrogen (secondary N) is 1. The zero-order valence-electron chi connectivity index (χ0n) is 10.6. The molecule has 1 fully saturated rings. The summed E-state index contributed by atoms with van der Waals surface area (Å²) in [6.45, 7) is 3.05. The number of carbonyl (C=O) groups excluding carboxylic acids is 1. The third-order valence-corrected chi connectivity index (χ3v) is 3.23. The summed E-state index contributed by atoms with van der Waals surface area (Å²) in [5.74, 6) is -0.918. The molecule has 98 valence electrons. The second kappa shape index (κ2) is 5.86. The van der Waals surface area contributed by atoms with Gasteiger partial charge < -0.3 is 20.2 Å². The summed E-state index contributed by atoms with van der Waals surface area (Å²) in [4.78, 5) is 26.2. The molecule has 2 N–H and O–H groups in total. The highest BCUT2D eigenvalue weighted by molar-refractivity contribution is 5.83. The van der Waals surface area contributed by atoms with Crippen LogP contribution in [0.2, 0.25) is 0 Å². The van der Waals surface area contributed by atoms with Gasteiger partial charge in [-0.15, -0.1) is 0 Å². The molecule has 1 aliphatic heterocycles. The predicted octanol–water partition coefficient (Wildman–Crippen LogP) is 0.195. The number of hydrogen-bond acceptors (Lipinski definition) is 3. The second-order valence-electron chi connectivity index (χ2n) is 4.69. The van der Waals surface area contributed by atoms with Crippen LogP contribution in [0.25, 0.3) is 0 Å². The van der Waals surface area contributed by atoms with E-state index in [0.29, 0.717) is 19.5 Å². The van der Waals surface area contributed by atoms with E-state index in [1.807, 2.05) is 25.9 Å². The molecule has 1 rings (SSSR count). The molecule has 2 unspecified atom stereocenters. The van der Waals surface area contributed by atoms with Crippen LogP contribution in [0.3, 0.4) is 0 Å². The van der Waals surface area contributed by atoms with Crippen molar-refractivity contribution in [2.24, 2.45) is 0 Å². The minimum Gasteiger partial charge on any atom is -0.480 e. The fraction of sp³-hybridized carbons (Fsp3) is 0.818. The van der Waals surface area contributed by atoms with Crippen molar-refractivity contribution >= 4 is 12.0 Å². The lowest BCUT2D eigenvalue weighted by molar-refractivity contribution is -0.141. The summed E-state index contributed by atoms with van der Waals surface area (Å²) in [7, 11) is 3.87. The maximum atomic E-state index is 11.8. The van der Waals surface area contributed by atoms with Gasteiger partial charge in [-0.2, -0.15) is 0 Å². The van der Waals surface area contributed by atoms with E-state index in [4.69, 9.17) is 5.11 Å². The van der Waals surface area contributed by atoms with Crippen LogP contribution < -0.4 is 5.32 Å². The molecule has 0 spiro atoms. The second-order valence-corrected chi connectivity index (χ2v) is 4.69. The van der Waals surface area contributed by atoms with Gasteiger partial charge in [0, 0.05) is 19.1 Å². The summed E-state index contributed by atoms with van der Waals surface area (Å²) in [6, 6.07) is -0.710. The quantitative estimate of drug-likeness (QED) is 0.739. The van der Waals surface area contributed by atoms with Gasteiger partial charge in [-0.25, -0.2) is 9.59 Å². The molecule has 0 aliphatic carbocycles. The normalized spacial score (nSPS) is 21.6. The third-order valence-electron chi connectivity index (χ3n) is 3.23. The van der Waals surface area contributed by atoms with Crippen molar-refractivity contribution in [2.45, 2.75) is 31.8 Å². The Hall–Kier alpha value is -1.30. The molecule has 0 aromatic carbocycles. The Morgan fingerprint density at radius 2 is 2.18 bits per heavy atom. The number of carboxylic acids is 1. The van der Waals surface area contributed by atoms with Crippen LogP contribution in [0.5, 0.6) is 0 Å². The van der Waals surface area contributed by atoms with Crippen molar-refractivity contribution in [1.29, 1.82) is 0 Å². The van der Waals surface area contributed by atoms with Crippen molar-refractivity contribution < 1.29 is 14.7 Å². The van der Waals surface area contributed by atoms with Crippen molar-refractivity contribution in [1.82, 2.24) is 15.1 Å². The largest absolute Gasteiger partial charge is 0.480 e. The Morgan fingerprint density at radius 3 is 2.71 bits per heavy atom. The highest BCUT2D eigenvalue weighted by Gasteiger charge is 2.33. The first kappa shape index (κ1) is 13.8. The molecule has 0 bridgehead atoms. The molecule has 0 saturated carbocycles. The van der Waals surface area contributed by atoms with Crippen LogP contribution >= 0.6 is 0 Å². The van der Waals surface area contributed by atoms with E-state index in [1.165, 1.54) is 4.90 Å². The minimum absolute atomic E-state index is 0.227. The number of amides is 2.